The number of aromatic nitrogens is 1. The van der Waals surface area contributed by atoms with Crippen molar-refractivity contribution in [2.45, 2.75) is 6.92 Å². The third kappa shape index (κ3) is 3.19. The smallest absolute Gasteiger partial charge is 0.259 e. The lowest BCUT2D eigenvalue weighted by Gasteiger charge is -2.12. The first kappa shape index (κ1) is 14.1. The van der Waals surface area contributed by atoms with Crippen LogP contribution in [0.25, 0.3) is 0 Å². The Morgan fingerprint density at radius 1 is 1.40 bits per heavy atom. The molecule has 6 heteroatoms. The number of anilines is 2. The van der Waals surface area contributed by atoms with Crippen LogP contribution in [-0.2, 0) is 0 Å². The van der Waals surface area contributed by atoms with E-state index in [0.29, 0.717) is 34.4 Å². The minimum absolute atomic E-state index is 0.315. The quantitative estimate of drug-likeness (QED) is 0.670. The lowest BCUT2D eigenvalue weighted by molar-refractivity contribution is 0.102. The number of para-hydroxylation sites is 1. The summed E-state index contributed by atoms with van der Waals surface area (Å²) in [6.07, 6.45) is 1.48. The van der Waals surface area contributed by atoms with Gasteiger partial charge in [-0.05, 0) is 31.2 Å². The number of halogens is 1. The van der Waals surface area contributed by atoms with E-state index in [-0.39, 0.29) is 5.91 Å². The van der Waals surface area contributed by atoms with Gasteiger partial charge in [-0.15, -0.1) is 0 Å². The number of carbonyl (C=O) groups excluding carboxylic acids is 1. The fourth-order valence-electron chi connectivity index (χ4n) is 1.69. The van der Waals surface area contributed by atoms with Crippen molar-refractivity contribution in [2.75, 3.05) is 17.7 Å². The van der Waals surface area contributed by atoms with Crippen molar-refractivity contribution in [1.82, 2.24) is 4.98 Å². The molecule has 2 rings (SSSR count). The maximum Gasteiger partial charge on any atom is 0.259 e. The van der Waals surface area contributed by atoms with E-state index < -0.39 is 0 Å². The van der Waals surface area contributed by atoms with Gasteiger partial charge in [0.25, 0.3) is 5.91 Å². The zero-order valence-corrected chi connectivity index (χ0v) is 11.6. The Balaban J connectivity index is 2.25. The van der Waals surface area contributed by atoms with E-state index in [0.717, 1.165) is 0 Å². The van der Waals surface area contributed by atoms with Crippen LogP contribution in [-0.4, -0.2) is 17.5 Å². The molecule has 1 amide bonds. The molecule has 1 heterocycles. The van der Waals surface area contributed by atoms with E-state index in [2.05, 4.69) is 10.3 Å². The number of amides is 1. The molecule has 2 aromatic rings. The fourth-order valence-corrected chi connectivity index (χ4v) is 1.80. The number of carbonyl (C=O) groups is 1. The number of nitrogens with zero attached hydrogens (tertiary/aromatic N) is 1. The predicted molar refractivity (Wildman–Crippen MR) is 79.2 cm³/mol. The molecule has 0 aliphatic rings. The van der Waals surface area contributed by atoms with Crippen LogP contribution in [0.5, 0.6) is 5.75 Å². The SMILES string of the molecule is CCOc1c(N)cccc1C(=O)Nc1ccc(Cl)nc1. The van der Waals surface area contributed by atoms with Crippen molar-refractivity contribution in [3.63, 3.8) is 0 Å². The predicted octanol–water partition coefficient (Wildman–Crippen LogP) is 2.97. The van der Waals surface area contributed by atoms with Crippen LogP contribution >= 0.6 is 11.6 Å². The molecule has 0 spiro atoms. The van der Waals surface area contributed by atoms with Crippen LogP contribution < -0.4 is 15.8 Å². The molecule has 0 atom stereocenters. The van der Waals surface area contributed by atoms with Crippen molar-refractivity contribution in [2.24, 2.45) is 0 Å². The highest BCUT2D eigenvalue weighted by Crippen LogP contribution is 2.27. The second-order valence-corrected chi connectivity index (χ2v) is 4.37. The van der Waals surface area contributed by atoms with E-state index in [1.807, 2.05) is 6.92 Å². The van der Waals surface area contributed by atoms with Gasteiger partial charge < -0.3 is 15.8 Å². The highest BCUT2D eigenvalue weighted by molar-refractivity contribution is 6.29. The molecule has 0 aliphatic heterocycles. The maximum absolute atomic E-state index is 12.2. The Hall–Kier alpha value is -2.27. The Labute approximate surface area is 121 Å². The van der Waals surface area contributed by atoms with Crippen molar-refractivity contribution in [3.8, 4) is 5.75 Å². The number of pyridine rings is 1. The van der Waals surface area contributed by atoms with Gasteiger partial charge in [-0.1, -0.05) is 17.7 Å². The second-order valence-electron chi connectivity index (χ2n) is 3.98. The van der Waals surface area contributed by atoms with Crippen LogP contribution in [0.15, 0.2) is 36.5 Å². The topological polar surface area (TPSA) is 77.2 Å². The molecular weight excluding hydrogens is 278 g/mol. The summed E-state index contributed by atoms with van der Waals surface area (Å²) in [5, 5.41) is 3.08. The number of hydrogen-bond acceptors (Lipinski definition) is 4. The van der Waals surface area contributed by atoms with Gasteiger partial charge in [0.2, 0.25) is 0 Å². The monoisotopic (exact) mass is 291 g/mol. The van der Waals surface area contributed by atoms with Crippen molar-refractivity contribution >= 4 is 28.9 Å². The summed E-state index contributed by atoms with van der Waals surface area (Å²) in [5.41, 5.74) is 7.17. The molecule has 0 aliphatic carbocycles. The second kappa shape index (κ2) is 6.25. The van der Waals surface area contributed by atoms with E-state index in [1.165, 1.54) is 6.20 Å². The molecule has 0 saturated carbocycles. The summed E-state index contributed by atoms with van der Waals surface area (Å²) in [6, 6.07) is 8.30. The number of nitrogens with two attached hydrogens (primary N) is 1. The molecule has 1 aromatic carbocycles. The average molecular weight is 292 g/mol. The third-order valence-corrected chi connectivity index (χ3v) is 2.79. The minimum atomic E-state index is -0.315. The molecule has 20 heavy (non-hydrogen) atoms. The van der Waals surface area contributed by atoms with Gasteiger partial charge in [0.15, 0.2) is 5.75 Å². The summed E-state index contributed by atoms with van der Waals surface area (Å²) in [7, 11) is 0. The van der Waals surface area contributed by atoms with Crippen molar-refractivity contribution < 1.29 is 9.53 Å². The van der Waals surface area contributed by atoms with E-state index in [9.17, 15) is 4.79 Å². The van der Waals surface area contributed by atoms with E-state index in [4.69, 9.17) is 22.1 Å². The highest BCUT2D eigenvalue weighted by atomic mass is 35.5. The first-order chi connectivity index (χ1) is 9.61. The van der Waals surface area contributed by atoms with Gasteiger partial charge in [-0.25, -0.2) is 4.98 Å². The number of benzene rings is 1. The summed E-state index contributed by atoms with van der Waals surface area (Å²) in [4.78, 5) is 16.1. The summed E-state index contributed by atoms with van der Waals surface area (Å²) >= 11 is 5.69. The molecule has 0 bridgehead atoms. The van der Waals surface area contributed by atoms with Crippen LogP contribution in [0.2, 0.25) is 5.15 Å². The summed E-state index contributed by atoms with van der Waals surface area (Å²) in [6.45, 7) is 2.26. The van der Waals surface area contributed by atoms with E-state index >= 15 is 0 Å². The first-order valence-electron chi connectivity index (χ1n) is 6.06. The number of hydrogen-bond donors (Lipinski definition) is 2. The summed E-state index contributed by atoms with van der Waals surface area (Å²) in [5.74, 6) is 0.0688. The largest absolute Gasteiger partial charge is 0.491 e. The average Bonchev–Trinajstić information content (AvgIpc) is 2.43. The van der Waals surface area contributed by atoms with Crippen molar-refractivity contribution in [1.29, 1.82) is 0 Å². The Morgan fingerprint density at radius 3 is 2.85 bits per heavy atom. The molecule has 104 valence electrons. The van der Waals surface area contributed by atoms with Gasteiger partial charge in [-0.2, -0.15) is 0 Å². The molecular formula is C14H14ClN3O2. The zero-order valence-electron chi connectivity index (χ0n) is 10.9. The molecule has 5 nitrogen and oxygen atoms in total. The Bertz CT molecular complexity index is 614. The van der Waals surface area contributed by atoms with Crippen LogP contribution in [0.3, 0.4) is 0 Å². The summed E-state index contributed by atoms with van der Waals surface area (Å²) < 4.78 is 5.42. The molecule has 0 unspecified atom stereocenters. The standard InChI is InChI=1S/C14H14ClN3O2/c1-2-20-13-10(4-3-5-11(13)16)14(19)18-9-6-7-12(15)17-8-9/h3-8H,2,16H2,1H3,(H,18,19). The molecule has 0 radical (unpaired) electrons. The zero-order chi connectivity index (χ0) is 14.5. The number of nitrogen functional groups attached to an aromatic ring is 1. The molecule has 0 fully saturated rings. The van der Waals surface area contributed by atoms with Gasteiger partial charge in [0.05, 0.1) is 29.7 Å². The Morgan fingerprint density at radius 2 is 2.20 bits per heavy atom. The van der Waals surface area contributed by atoms with Gasteiger partial charge >= 0.3 is 0 Å². The van der Waals surface area contributed by atoms with Crippen LogP contribution in [0.1, 0.15) is 17.3 Å². The third-order valence-electron chi connectivity index (χ3n) is 2.56. The first-order valence-corrected chi connectivity index (χ1v) is 6.43. The minimum Gasteiger partial charge on any atom is -0.491 e. The van der Waals surface area contributed by atoms with Crippen LogP contribution in [0.4, 0.5) is 11.4 Å². The normalized spacial score (nSPS) is 10.1. The molecule has 3 N–H and O–H groups in total. The highest BCUT2D eigenvalue weighted by Gasteiger charge is 2.15. The lowest BCUT2D eigenvalue weighted by atomic mass is 10.1. The molecule has 0 saturated heterocycles. The maximum atomic E-state index is 12.2. The van der Waals surface area contributed by atoms with Crippen LogP contribution in [0, 0.1) is 0 Å². The number of ether oxygens (including phenoxy) is 1. The van der Waals surface area contributed by atoms with Gasteiger partial charge in [-0.3, -0.25) is 4.79 Å². The number of rotatable bonds is 4. The molecule has 1 aromatic heterocycles. The lowest BCUT2D eigenvalue weighted by Crippen LogP contribution is -2.14. The van der Waals surface area contributed by atoms with E-state index in [1.54, 1.807) is 30.3 Å². The van der Waals surface area contributed by atoms with Crippen molar-refractivity contribution in [3.05, 3.63) is 47.2 Å². The fraction of sp³-hybridized carbons (Fsp3) is 0.143. The number of nitrogens with one attached hydrogen (secondary N) is 1. The Kier molecular flexibility index (Phi) is 4.42. The van der Waals surface area contributed by atoms with Gasteiger partial charge in [0, 0.05) is 0 Å². The van der Waals surface area contributed by atoms with Gasteiger partial charge in [0.1, 0.15) is 5.15 Å².